The SMILES string of the molecule is COC(=O)Cc1ccnnc1OC. The molecule has 0 aliphatic carbocycles. The predicted molar refractivity (Wildman–Crippen MR) is 44.3 cm³/mol. The Bertz CT molecular complexity index is 301. The number of hydrogen-bond acceptors (Lipinski definition) is 5. The first kappa shape index (κ1) is 9.44. The minimum absolute atomic E-state index is 0.148. The van der Waals surface area contributed by atoms with Crippen LogP contribution in [0.1, 0.15) is 5.56 Å². The minimum atomic E-state index is -0.327. The van der Waals surface area contributed by atoms with Gasteiger partial charge in [-0.05, 0) is 6.07 Å². The Labute approximate surface area is 75.7 Å². The molecule has 0 N–H and O–H groups in total. The van der Waals surface area contributed by atoms with Gasteiger partial charge in [0.1, 0.15) is 0 Å². The molecule has 0 aliphatic rings. The summed E-state index contributed by atoms with van der Waals surface area (Å²) < 4.78 is 9.42. The normalized spacial score (nSPS) is 9.38. The van der Waals surface area contributed by atoms with Crippen LogP contribution in [-0.2, 0) is 16.0 Å². The van der Waals surface area contributed by atoms with Gasteiger partial charge in [0.05, 0.1) is 26.8 Å². The van der Waals surface area contributed by atoms with Crippen LogP contribution >= 0.6 is 0 Å². The quantitative estimate of drug-likeness (QED) is 0.625. The summed E-state index contributed by atoms with van der Waals surface area (Å²) in [6.07, 6.45) is 1.65. The molecular formula is C8H10N2O3. The highest BCUT2D eigenvalue weighted by atomic mass is 16.5. The van der Waals surface area contributed by atoms with E-state index in [2.05, 4.69) is 14.9 Å². The van der Waals surface area contributed by atoms with Crippen LogP contribution in [0.15, 0.2) is 12.3 Å². The molecule has 1 rings (SSSR count). The van der Waals surface area contributed by atoms with Gasteiger partial charge >= 0.3 is 5.97 Å². The van der Waals surface area contributed by atoms with E-state index in [1.54, 1.807) is 6.07 Å². The van der Waals surface area contributed by atoms with Crippen molar-refractivity contribution in [3.05, 3.63) is 17.8 Å². The molecule has 70 valence electrons. The smallest absolute Gasteiger partial charge is 0.310 e. The molecule has 5 nitrogen and oxygen atoms in total. The van der Waals surface area contributed by atoms with Crippen molar-refractivity contribution in [2.75, 3.05) is 14.2 Å². The Morgan fingerprint density at radius 1 is 1.54 bits per heavy atom. The third-order valence-electron chi connectivity index (χ3n) is 1.52. The Hall–Kier alpha value is -1.65. The van der Waals surface area contributed by atoms with Crippen molar-refractivity contribution in [1.29, 1.82) is 0 Å². The Balaban J connectivity index is 2.81. The molecule has 0 bridgehead atoms. The molecule has 0 atom stereocenters. The second-order valence-electron chi connectivity index (χ2n) is 2.32. The fourth-order valence-electron chi connectivity index (χ4n) is 0.879. The van der Waals surface area contributed by atoms with Gasteiger partial charge in [0.25, 0.3) is 0 Å². The molecule has 0 aliphatic heterocycles. The number of methoxy groups -OCH3 is 2. The number of hydrogen-bond donors (Lipinski definition) is 0. The van der Waals surface area contributed by atoms with Gasteiger partial charge in [-0.15, -0.1) is 5.10 Å². The van der Waals surface area contributed by atoms with E-state index in [9.17, 15) is 4.79 Å². The van der Waals surface area contributed by atoms with Gasteiger partial charge in [-0.25, -0.2) is 0 Å². The van der Waals surface area contributed by atoms with Crippen LogP contribution in [0.5, 0.6) is 5.88 Å². The second-order valence-corrected chi connectivity index (χ2v) is 2.32. The molecule has 0 aromatic carbocycles. The zero-order chi connectivity index (χ0) is 9.68. The van der Waals surface area contributed by atoms with Gasteiger partial charge in [0.15, 0.2) is 0 Å². The second kappa shape index (κ2) is 4.39. The molecule has 0 saturated carbocycles. The molecule has 1 aromatic rings. The van der Waals surface area contributed by atoms with Crippen LogP contribution in [0.4, 0.5) is 0 Å². The number of rotatable bonds is 3. The third-order valence-corrected chi connectivity index (χ3v) is 1.52. The van der Waals surface area contributed by atoms with Crippen molar-refractivity contribution >= 4 is 5.97 Å². The highest BCUT2D eigenvalue weighted by Gasteiger charge is 2.09. The molecule has 5 heteroatoms. The Kier molecular flexibility index (Phi) is 3.19. The first-order valence-corrected chi connectivity index (χ1v) is 3.69. The average Bonchev–Trinajstić information content (AvgIpc) is 2.18. The van der Waals surface area contributed by atoms with Crippen LogP contribution in [0.2, 0.25) is 0 Å². The molecule has 0 unspecified atom stereocenters. The van der Waals surface area contributed by atoms with Crippen LogP contribution in [0.25, 0.3) is 0 Å². The fourth-order valence-corrected chi connectivity index (χ4v) is 0.879. The van der Waals surface area contributed by atoms with Crippen molar-refractivity contribution in [3.8, 4) is 5.88 Å². The summed E-state index contributed by atoms with van der Waals surface area (Å²) in [5, 5.41) is 7.33. The lowest BCUT2D eigenvalue weighted by Gasteiger charge is -2.03. The number of carbonyl (C=O) groups is 1. The number of aromatic nitrogens is 2. The highest BCUT2D eigenvalue weighted by molar-refractivity contribution is 5.72. The zero-order valence-corrected chi connectivity index (χ0v) is 7.48. The van der Waals surface area contributed by atoms with E-state index in [0.29, 0.717) is 11.4 Å². The maximum absolute atomic E-state index is 10.9. The molecule has 0 spiro atoms. The summed E-state index contributed by atoms with van der Waals surface area (Å²) >= 11 is 0. The number of nitrogens with zero attached hydrogens (tertiary/aromatic N) is 2. The molecule has 0 saturated heterocycles. The summed E-state index contributed by atoms with van der Waals surface area (Å²) in [5.74, 6) is 0.0270. The molecule has 1 aromatic heterocycles. The van der Waals surface area contributed by atoms with Gasteiger partial charge in [0, 0.05) is 5.56 Å². The van der Waals surface area contributed by atoms with Crippen LogP contribution < -0.4 is 4.74 Å². The Morgan fingerprint density at radius 2 is 2.31 bits per heavy atom. The summed E-state index contributed by atoms with van der Waals surface area (Å²) in [4.78, 5) is 10.9. The molecular weight excluding hydrogens is 172 g/mol. The fraction of sp³-hybridized carbons (Fsp3) is 0.375. The molecule has 1 heterocycles. The van der Waals surface area contributed by atoms with Crippen LogP contribution in [-0.4, -0.2) is 30.4 Å². The number of ether oxygens (including phenoxy) is 2. The Morgan fingerprint density at radius 3 is 2.92 bits per heavy atom. The first-order valence-electron chi connectivity index (χ1n) is 3.69. The topological polar surface area (TPSA) is 61.3 Å². The summed E-state index contributed by atoms with van der Waals surface area (Å²) in [5.41, 5.74) is 0.671. The standard InChI is InChI=1S/C8H10N2O3/c1-12-7(11)5-6-3-4-9-10-8(6)13-2/h3-4H,5H2,1-2H3. The largest absolute Gasteiger partial charge is 0.480 e. The summed E-state index contributed by atoms with van der Waals surface area (Å²) in [7, 11) is 2.81. The minimum Gasteiger partial charge on any atom is -0.480 e. The van der Waals surface area contributed by atoms with Crippen molar-refractivity contribution in [2.24, 2.45) is 0 Å². The van der Waals surface area contributed by atoms with E-state index in [0.717, 1.165) is 0 Å². The van der Waals surface area contributed by atoms with Crippen molar-refractivity contribution in [2.45, 2.75) is 6.42 Å². The van der Waals surface area contributed by atoms with Gasteiger partial charge in [-0.2, -0.15) is 5.10 Å². The lowest BCUT2D eigenvalue weighted by molar-refractivity contribution is -0.139. The van der Waals surface area contributed by atoms with E-state index in [1.165, 1.54) is 20.4 Å². The first-order chi connectivity index (χ1) is 6.27. The van der Waals surface area contributed by atoms with Gasteiger partial charge in [-0.1, -0.05) is 0 Å². The van der Waals surface area contributed by atoms with Crippen molar-refractivity contribution < 1.29 is 14.3 Å². The monoisotopic (exact) mass is 182 g/mol. The summed E-state index contributed by atoms with van der Waals surface area (Å²) in [6, 6.07) is 1.67. The van der Waals surface area contributed by atoms with Crippen LogP contribution in [0, 0.1) is 0 Å². The molecule has 0 radical (unpaired) electrons. The third kappa shape index (κ3) is 2.40. The lowest BCUT2D eigenvalue weighted by atomic mass is 10.2. The van der Waals surface area contributed by atoms with Gasteiger partial charge < -0.3 is 9.47 Å². The molecule has 0 fully saturated rings. The van der Waals surface area contributed by atoms with Gasteiger partial charge in [0.2, 0.25) is 5.88 Å². The van der Waals surface area contributed by atoms with E-state index < -0.39 is 0 Å². The number of esters is 1. The number of carbonyl (C=O) groups excluding carboxylic acids is 1. The van der Waals surface area contributed by atoms with E-state index >= 15 is 0 Å². The predicted octanol–water partition coefficient (Wildman–Crippen LogP) is 0.201. The van der Waals surface area contributed by atoms with E-state index in [1.807, 2.05) is 0 Å². The summed E-state index contributed by atoms with van der Waals surface area (Å²) in [6.45, 7) is 0. The maximum Gasteiger partial charge on any atom is 0.310 e. The molecule has 0 amide bonds. The van der Waals surface area contributed by atoms with Crippen molar-refractivity contribution in [1.82, 2.24) is 10.2 Å². The molecule has 13 heavy (non-hydrogen) atoms. The maximum atomic E-state index is 10.9. The highest BCUT2D eigenvalue weighted by Crippen LogP contribution is 2.12. The zero-order valence-electron chi connectivity index (χ0n) is 7.48. The van der Waals surface area contributed by atoms with E-state index in [4.69, 9.17) is 4.74 Å². The van der Waals surface area contributed by atoms with Crippen LogP contribution in [0.3, 0.4) is 0 Å². The van der Waals surface area contributed by atoms with Gasteiger partial charge in [-0.3, -0.25) is 4.79 Å². The average molecular weight is 182 g/mol. The van der Waals surface area contributed by atoms with E-state index in [-0.39, 0.29) is 12.4 Å². The lowest BCUT2D eigenvalue weighted by Crippen LogP contribution is -2.07. The van der Waals surface area contributed by atoms with Crippen molar-refractivity contribution in [3.63, 3.8) is 0 Å².